The summed E-state index contributed by atoms with van der Waals surface area (Å²) in [7, 11) is 0. The number of hydrogen-bond acceptors (Lipinski definition) is 6. The third-order valence-corrected chi connectivity index (χ3v) is 3.57. The number of anilines is 1. The summed E-state index contributed by atoms with van der Waals surface area (Å²) < 4.78 is 1.35. The molecule has 25 heavy (non-hydrogen) atoms. The number of benzene rings is 1. The molecule has 2 aromatic heterocycles. The first-order chi connectivity index (χ1) is 12.0. The number of para-hydroxylation sites is 1. The van der Waals surface area contributed by atoms with E-state index in [1.54, 1.807) is 30.3 Å². The van der Waals surface area contributed by atoms with Gasteiger partial charge in [-0.05, 0) is 17.1 Å². The first-order valence-electron chi connectivity index (χ1n) is 6.76. The van der Waals surface area contributed by atoms with Crippen molar-refractivity contribution < 1.29 is 9.72 Å². The molecule has 0 bridgehead atoms. The van der Waals surface area contributed by atoms with Gasteiger partial charge in [-0.1, -0.05) is 34.9 Å². The van der Waals surface area contributed by atoms with Crippen LogP contribution in [-0.4, -0.2) is 30.8 Å². The fourth-order valence-electron chi connectivity index (χ4n) is 2.07. The first kappa shape index (κ1) is 16.2. The Balaban J connectivity index is 1.98. The minimum atomic E-state index is -0.816. The normalized spacial score (nSPS) is 10.2. The summed E-state index contributed by atoms with van der Waals surface area (Å²) in [6, 6.07) is 10.7. The van der Waals surface area contributed by atoms with Crippen LogP contribution in [0.2, 0.25) is 5.02 Å². The fraction of sp³-hybridized carbons (Fsp3) is 0. The van der Waals surface area contributed by atoms with Crippen molar-refractivity contribution in [2.45, 2.75) is 0 Å². The van der Waals surface area contributed by atoms with E-state index in [4.69, 9.17) is 11.6 Å². The van der Waals surface area contributed by atoms with Crippen LogP contribution >= 0.6 is 11.6 Å². The Morgan fingerprint density at radius 1 is 1.40 bits per heavy atom. The molecule has 0 aliphatic rings. The maximum Gasteiger partial charge on any atom is 0.362 e. The Morgan fingerprint density at radius 2 is 2.12 bits per heavy atom. The number of amides is 1. The van der Waals surface area contributed by atoms with E-state index < -0.39 is 21.7 Å². The summed E-state index contributed by atoms with van der Waals surface area (Å²) in [6.45, 7) is 0. The maximum absolute atomic E-state index is 12.4. The summed E-state index contributed by atoms with van der Waals surface area (Å²) in [5, 5.41) is 31.7. The molecule has 2 heterocycles. The number of aromatic nitrogens is 4. The van der Waals surface area contributed by atoms with Crippen LogP contribution in [0.3, 0.4) is 0 Å². The zero-order chi connectivity index (χ0) is 18.0. The van der Waals surface area contributed by atoms with Gasteiger partial charge in [-0.3, -0.25) is 4.79 Å². The van der Waals surface area contributed by atoms with Crippen LogP contribution in [0.15, 0.2) is 36.5 Å². The van der Waals surface area contributed by atoms with Crippen LogP contribution < -0.4 is 5.32 Å². The zero-order valence-corrected chi connectivity index (χ0v) is 13.1. The monoisotopic (exact) mass is 357 g/mol. The van der Waals surface area contributed by atoms with E-state index in [2.05, 4.69) is 20.6 Å². The Morgan fingerprint density at radius 3 is 2.72 bits per heavy atom. The molecule has 0 aliphatic heterocycles. The van der Waals surface area contributed by atoms with Crippen molar-refractivity contribution in [1.82, 2.24) is 20.0 Å². The predicted molar refractivity (Wildman–Crippen MR) is 86.5 cm³/mol. The van der Waals surface area contributed by atoms with E-state index in [0.29, 0.717) is 5.69 Å². The van der Waals surface area contributed by atoms with Crippen LogP contribution in [0.1, 0.15) is 16.1 Å². The lowest BCUT2D eigenvalue weighted by atomic mass is 10.3. The quantitative estimate of drug-likeness (QED) is 0.541. The van der Waals surface area contributed by atoms with Crippen LogP contribution in [-0.2, 0) is 0 Å². The van der Waals surface area contributed by atoms with Crippen LogP contribution in [0.4, 0.5) is 11.6 Å². The maximum atomic E-state index is 12.4. The van der Waals surface area contributed by atoms with Crippen LogP contribution in [0, 0.1) is 21.4 Å². The van der Waals surface area contributed by atoms with Gasteiger partial charge in [0, 0.05) is 0 Å². The average molecular weight is 358 g/mol. The third kappa shape index (κ3) is 2.91. The lowest BCUT2D eigenvalue weighted by Gasteiger charge is -2.08. The molecule has 1 aromatic carbocycles. The number of nitrogens with one attached hydrogen (secondary N) is 2. The standard InChI is InChI=1S/C14H8ClN7O3/c15-10-11(19-20-13(10)22(24)25)14(23)18-12-8(6-16)7-17-21(12)9-4-2-1-3-5-9/h1-5,7H,(H,18,23)(H,19,20). The molecular weight excluding hydrogens is 350 g/mol. The number of carbonyl (C=O) groups excluding carboxylic acids is 1. The SMILES string of the molecule is N#Cc1cnn(-c2ccccc2)c1NC(=O)c1n[nH]c([N+](=O)[O-])c1Cl. The number of nitriles is 1. The minimum absolute atomic E-state index is 0.0976. The molecule has 0 atom stereocenters. The Bertz CT molecular complexity index is 1000. The molecule has 0 unspecified atom stereocenters. The van der Waals surface area contributed by atoms with E-state index in [0.717, 1.165) is 0 Å². The lowest BCUT2D eigenvalue weighted by Crippen LogP contribution is -2.17. The van der Waals surface area contributed by atoms with E-state index in [9.17, 15) is 20.2 Å². The van der Waals surface area contributed by atoms with E-state index in [-0.39, 0.29) is 17.1 Å². The van der Waals surface area contributed by atoms with E-state index in [1.807, 2.05) is 6.07 Å². The van der Waals surface area contributed by atoms with E-state index >= 15 is 0 Å². The summed E-state index contributed by atoms with van der Waals surface area (Å²) in [5.41, 5.74) is 0.356. The highest BCUT2D eigenvalue weighted by Gasteiger charge is 2.26. The van der Waals surface area contributed by atoms with Crippen molar-refractivity contribution in [2.75, 3.05) is 5.32 Å². The zero-order valence-electron chi connectivity index (χ0n) is 12.3. The van der Waals surface area contributed by atoms with Crippen LogP contribution in [0.5, 0.6) is 0 Å². The second kappa shape index (κ2) is 6.42. The Kier molecular flexibility index (Phi) is 4.15. The molecule has 10 nitrogen and oxygen atoms in total. The van der Waals surface area contributed by atoms with Gasteiger partial charge in [0.15, 0.2) is 16.5 Å². The second-order valence-electron chi connectivity index (χ2n) is 4.71. The largest absolute Gasteiger partial charge is 0.362 e. The molecule has 124 valence electrons. The average Bonchev–Trinajstić information content (AvgIpc) is 3.19. The number of H-pyrrole nitrogens is 1. The summed E-state index contributed by atoms with van der Waals surface area (Å²) in [5.74, 6) is -1.31. The number of carbonyl (C=O) groups is 1. The van der Waals surface area contributed by atoms with Gasteiger partial charge in [0.25, 0.3) is 5.91 Å². The van der Waals surface area contributed by atoms with Gasteiger partial charge in [0.1, 0.15) is 11.6 Å². The predicted octanol–water partition coefficient (Wildman–Crippen LogP) is 2.28. The Hall–Kier alpha value is -3.71. The fourth-order valence-corrected chi connectivity index (χ4v) is 2.31. The number of nitrogens with zero attached hydrogens (tertiary/aromatic N) is 5. The van der Waals surface area contributed by atoms with E-state index in [1.165, 1.54) is 10.9 Å². The van der Waals surface area contributed by atoms with Gasteiger partial charge >= 0.3 is 5.82 Å². The van der Waals surface area contributed by atoms with Crippen LogP contribution in [0.25, 0.3) is 5.69 Å². The molecule has 0 saturated heterocycles. The number of aromatic amines is 1. The molecule has 1 amide bonds. The topological polar surface area (TPSA) is 143 Å². The highest BCUT2D eigenvalue weighted by Crippen LogP contribution is 2.26. The molecule has 0 radical (unpaired) electrons. The minimum Gasteiger partial charge on any atom is -0.358 e. The van der Waals surface area contributed by atoms with Crippen molar-refractivity contribution in [3.05, 3.63) is 62.9 Å². The number of rotatable bonds is 4. The van der Waals surface area contributed by atoms with Crippen molar-refractivity contribution in [3.63, 3.8) is 0 Å². The van der Waals surface area contributed by atoms with Gasteiger partial charge in [-0.25, -0.2) is 4.68 Å². The van der Waals surface area contributed by atoms with Crippen molar-refractivity contribution in [1.29, 1.82) is 5.26 Å². The molecule has 3 aromatic rings. The Labute approximate surface area is 144 Å². The van der Waals surface area contributed by atoms with Gasteiger partial charge in [-0.15, -0.1) is 5.10 Å². The van der Waals surface area contributed by atoms with Crippen molar-refractivity contribution >= 4 is 29.1 Å². The molecule has 0 saturated carbocycles. The van der Waals surface area contributed by atoms with Gasteiger partial charge in [0.2, 0.25) is 0 Å². The first-order valence-corrected chi connectivity index (χ1v) is 7.14. The molecule has 0 fully saturated rings. The summed E-state index contributed by atoms with van der Waals surface area (Å²) >= 11 is 5.80. The molecule has 0 aliphatic carbocycles. The third-order valence-electron chi connectivity index (χ3n) is 3.21. The van der Waals surface area contributed by atoms with Gasteiger partial charge in [-0.2, -0.15) is 10.4 Å². The summed E-state index contributed by atoms with van der Waals surface area (Å²) in [6.07, 6.45) is 1.29. The lowest BCUT2D eigenvalue weighted by molar-refractivity contribution is -0.389. The summed E-state index contributed by atoms with van der Waals surface area (Å²) in [4.78, 5) is 22.4. The highest BCUT2D eigenvalue weighted by molar-refractivity contribution is 6.35. The number of nitro groups is 1. The van der Waals surface area contributed by atoms with Gasteiger partial charge < -0.3 is 15.4 Å². The van der Waals surface area contributed by atoms with Crippen molar-refractivity contribution in [3.8, 4) is 11.8 Å². The second-order valence-corrected chi connectivity index (χ2v) is 5.09. The smallest absolute Gasteiger partial charge is 0.358 e. The molecule has 0 spiro atoms. The highest BCUT2D eigenvalue weighted by atomic mass is 35.5. The molecule has 2 N–H and O–H groups in total. The number of halogens is 1. The molecule has 11 heteroatoms. The van der Waals surface area contributed by atoms with Crippen molar-refractivity contribution in [2.24, 2.45) is 0 Å². The van der Waals surface area contributed by atoms with Gasteiger partial charge in [0.05, 0.1) is 11.9 Å². The number of hydrogen-bond donors (Lipinski definition) is 2. The molecular formula is C14H8ClN7O3. The molecule has 3 rings (SSSR count).